The van der Waals surface area contributed by atoms with E-state index in [0.29, 0.717) is 13.2 Å². The zero-order valence-corrected chi connectivity index (χ0v) is 13.6. The average molecular weight is 345 g/mol. The molecular weight excluding hydrogens is 324 g/mol. The van der Waals surface area contributed by atoms with Crippen LogP contribution in [0.4, 0.5) is 0 Å². The van der Waals surface area contributed by atoms with Crippen molar-refractivity contribution in [2.75, 3.05) is 13.7 Å². The van der Waals surface area contributed by atoms with Crippen LogP contribution in [0.5, 0.6) is 0 Å². The summed E-state index contributed by atoms with van der Waals surface area (Å²) < 4.78 is 9.12. The SMILES string of the molecule is COC(=O)C(C)(Br)[C@@H](O)[C@@H](C)COCc1ccccc1. The van der Waals surface area contributed by atoms with Crippen molar-refractivity contribution < 1.29 is 19.4 Å². The molecule has 0 aliphatic rings. The van der Waals surface area contributed by atoms with Crippen LogP contribution in [0.1, 0.15) is 19.4 Å². The Bertz CT molecular complexity index is 419. The predicted molar refractivity (Wildman–Crippen MR) is 80.6 cm³/mol. The Labute approximate surface area is 128 Å². The molecule has 5 heteroatoms. The maximum absolute atomic E-state index is 11.6. The van der Waals surface area contributed by atoms with Crippen molar-refractivity contribution in [2.24, 2.45) is 5.92 Å². The van der Waals surface area contributed by atoms with Crippen molar-refractivity contribution >= 4 is 21.9 Å². The number of rotatable bonds is 7. The number of aliphatic hydroxyl groups excluding tert-OH is 1. The van der Waals surface area contributed by atoms with Gasteiger partial charge in [0.2, 0.25) is 0 Å². The lowest BCUT2D eigenvalue weighted by molar-refractivity contribution is -0.147. The van der Waals surface area contributed by atoms with Gasteiger partial charge in [-0.05, 0) is 12.5 Å². The highest BCUT2D eigenvalue weighted by atomic mass is 79.9. The summed E-state index contributed by atoms with van der Waals surface area (Å²) in [5.41, 5.74) is 1.07. The molecule has 20 heavy (non-hydrogen) atoms. The van der Waals surface area contributed by atoms with Crippen LogP contribution in [0.15, 0.2) is 30.3 Å². The van der Waals surface area contributed by atoms with Crippen molar-refractivity contribution in [3.63, 3.8) is 0 Å². The Balaban J connectivity index is 2.46. The van der Waals surface area contributed by atoms with E-state index in [0.717, 1.165) is 5.56 Å². The topological polar surface area (TPSA) is 55.8 Å². The highest BCUT2D eigenvalue weighted by molar-refractivity contribution is 9.10. The molecule has 0 radical (unpaired) electrons. The van der Waals surface area contributed by atoms with E-state index in [2.05, 4.69) is 20.7 Å². The van der Waals surface area contributed by atoms with E-state index < -0.39 is 16.4 Å². The highest BCUT2D eigenvalue weighted by Crippen LogP contribution is 2.28. The minimum atomic E-state index is -1.13. The van der Waals surface area contributed by atoms with Gasteiger partial charge in [0.1, 0.15) is 4.32 Å². The number of halogens is 1. The molecule has 1 aromatic rings. The highest BCUT2D eigenvalue weighted by Gasteiger charge is 2.41. The maximum Gasteiger partial charge on any atom is 0.325 e. The van der Waals surface area contributed by atoms with E-state index in [-0.39, 0.29) is 5.92 Å². The number of carbonyl (C=O) groups excluding carboxylic acids is 1. The van der Waals surface area contributed by atoms with Gasteiger partial charge in [-0.25, -0.2) is 0 Å². The molecule has 1 rings (SSSR count). The van der Waals surface area contributed by atoms with Crippen molar-refractivity contribution in [1.29, 1.82) is 0 Å². The van der Waals surface area contributed by atoms with Crippen LogP contribution in [0, 0.1) is 5.92 Å². The summed E-state index contributed by atoms with van der Waals surface area (Å²) in [4.78, 5) is 11.6. The lowest BCUT2D eigenvalue weighted by atomic mass is 9.94. The van der Waals surface area contributed by atoms with Crippen molar-refractivity contribution in [3.05, 3.63) is 35.9 Å². The number of hydrogen-bond donors (Lipinski definition) is 1. The van der Waals surface area contributed by atoms with Gasteiger partial charge in [-0.3, -0.25) is 4.79 Å². The molecule has 0 aliphatic heterocycles. The molecular formula is C15H21BrO4. The van der Waals surface area contributed by atoms with Gasteiger partial charge in [0.25, 0.3) is 0 Å². The summed E-state index contributed by atoms with van der Waals surface area (Å²) in [6, 6.07) is 9.80. The molecule has 3 atom stereocenters. The number of benzene rings is 1. The standard InChI is InChI=1S/C15H21BrO4/c1-11(13(17)15(2,16)14(18)19-3)9-20-10-12-7-5-4-6-8-12/h4-8,11,13,17H,9-10H2,1-3H3/t11-,13-,15?/m0/s1. The van der Waals surface area contributed by atoms with Crippen molar-refractivity contribution in [1.82, 2.24) is 0 Å². The molecule has 0 heterocycles. The predicted octanol–water partition coefficient (Wildman–Crippen LogP) is 2.53. The summed E-state index contributed by atoms with van der Waals surface area (Å²) in [7, 11) is 1.30. The lowest BCUT2D eigenvalue weighted by Gasteiger charge is -2.30. The molecule has 0 bridgehead atoms. The number of esters is 1. The number of aliphatic hydroxyl groups is 1. The quantitative estimate of drug-likeness (QED) is 0.610. The van der Waals surface area contributed by atoms with Gasteiger partial charge < -0.3 is 14.6 Å². The Morgan fingerprint density at radius 1 is 1.40 bits per heavy atom. The lowest BCUT2D eigenvalue weighted by Crippen LogP contribution is -2.46. The zero-order valence-electron chi connectivity index (χ0n) is 12.0. The minimum Gasteiger partial charge on any atom is -0.468 e. The summed E-state index contributed by atoms with van der Waals surface area (Å²) in [5.74, 6) is -0.706. The van der Waals surface area contributed by atoms with E-state index in [1.807, 2.05) is 37.3 Å². The number of methoxy groups -OCH3 is 1. The van der Waals surface area contributed by atoms with Crippen molar-refractivity contribution in [3.8, 4) is 0 Å². The molecule has 112 valence electrons. The monoisotopic (exact) mass is 344 g/mol. The van der Waals surface area contributed by atoms with E-state index in [1.165, 1.54) is 7.11 Å². The van der Waals surface area contributed by atoms with Gasteiger partial charge in [-0.15, -0.1) is 0 Å². The first-order valence-electron chi connectivity index (χ1n) is 6.46. The Morgan fingerprint density at radius 2 is 2.00 bits per heavy atom. The molecule has 1 unspecified atom stereocenters. The second-order valence-electron chi connectivity index (χ2n) is 4.99. The van der Waals surface area contributed by atoms with E-state index >= 15 is 0 Å². The normalized spacial score (nSPS) is 17.1. The summed E-state index contributed by atoms with van der Waals surface area (Å²) >= 11 is 3.23. The first kappa shape index (κ1) is 17.1. The molecule has 0 amide bonds. The fourth-order valence-corrected chi connectivity index (χ4v) is 2.50. The third-order valence-corrected chi connectivity index (χ3v) is 3.96. The van der Waals surface area contributed by atoms with Gasteiger partial charge in [-0.1, -0.05) is 53.2 Å². The molecule has 0 aliphatic carbocycles. The number of hydrogen-bond acceptors (Lipinski definition) is 4. The van der Waals surface area contributed by atoms with Crippen LogP contribution >= 0.6 is 15.9 Å². The average Bonchev–Trinajstić information content (AvgIpc) is 2.46. The van der Waals surface area contributed by atoms with E-state index in [1.54, 1.807) is 6.92 Å². The van der Waals surface area contributed by atoms with Gasteiger partial charge in [-0.2, -0.15) is 0 Å². The van der Waals surface area contributed by atoms with Crippen LogP contribution in [0.3, 0.4) is 0 Å². The molecule has 1 N–H and O–H groups in total. The van der Waals surface area contributed by atoms with Crippen LogP contribution in [0.25, 0.3) is 0 Å². The Kier molecular flexibility index (Phi) is 6.65. The largest absolute Gasteiger partial charge is 0.468 e. The van der Waals surface area contributed by atoms with Gasteiger partial charge in [0.05, 0.1) is 26.4 Å². The molecule has 0 saturated carbocycles. The summed E-state index contributed by atoms with van der Waals surface area (Å²) in [5, 5.41) is 10.2. The third kappa shape index (κ3) is 4.58. The van der Waals surface area contributed by atoms with E-state index in [4.69, 9.17) is 4.74 Å². The van der Waals surface area contributed by atoms with Crippen LogP contribution < -0.4 is 0 Å². The second kappa shape index (κ2) is 7.76. The molecule has 0 saturated heterocycles. The fraction of sp³-hybridized carbons (Fsp3) is 0.533. The van der Waals surface area contributed by atoms with E-state index in [9.17, 15) is 9.90 Å². The number of ether oxygens (including phenoxy) is 2. The maximum atomic E-state index is 11.6. The fourth-order valence-electron chi connectivity index (χ4n) is 1.88. The Hall–Kier alpha value is -0.910. The molecule has 0 spiro atoms. The van der Waals surface area contributed by atoms with Gasteiger partial charge in [0, 0.05) is 5.92 Å². The van der Waals surface area contributed by atoms with Crippen molar-refractivity contribution in [2.45, 2.75) is 30.9 Å². The molecule has 0 fully saturated rings. The van der Waals surface area contributed by atoms with Crippen LogP contribution in [-0.4, -0.2) is 35.2 Å². The molecule has 1 aromatic carbocycles. The minimum absolute atomic E-state index is 0.206. The Morgan fingerprint density at radius 3 is 2.55 bits per heavy atom. The molecule has 4 nitrogen and oxygen atoms in total. The first-order valence-corrected chi connectivity index (χ1v) is 7.26. The number of carbonyl (C=O) groups is 1. The van der Waals surface area contributed by atoms with Gasteiger partial charge >= 0.3 is 5.97 Å². The smallest absolute Gasteiger partial charge is 0.325 e. The van der Waals surface area contributed by atoms with Crippen LogP contribution in [-0.2, 0) is 20.9 Å². The van der Waals surface area contributed by atoms with Gasteiger partial charge in [0.15, 0.2) is 0 Å². The zero-order chi connectivity index (χ0) is 15.2. The number of alkyl halides is 1. The first-order chi connectivity index (χ1) is 9.39. The third-order valence-electron chi connectivity index (χ3n) is 3.17. The summed E-state index contributed by atoms with van der Waals surface area (Å²) in [6.07, 6.45) is -0.897. The second-order valence-corrected chi connectivity index (χ2v) is 6.64. The molecule has 0 aromatic heterocycles. The van der Waals surface area contributed by atoms with Crippen LogP contribution in [0.2, 0.25) is 0 Å². The summed E-state index contributed by atoms with van der Waals surface area (Å²) in [6.45, 7) is 4.26.